The molecule has 0 saturated carbocycles. The second kappa shape index (κ2) is 5.89. The zero-order valence-electron chi connectivity index (χ0n) is 11.9. The van der Waals surface area contributed by atoms with Crippen molar-refractivity contribution in [3.8, 4) is 0 Å². The summed E-state index contributed by atoms with van der Waals surface area (Å²) in [4.78, 5) is 0. The van der Waals surface area contributed by atoms with E-state index in [1.807, 2.05) is 7.05 Å². The molecule has 2 rings (SSSR count). The van der Waals surface area contributed by atoms with Gasteiger partial charge in [-0.2, -0.15) is 0 Å². The summed E-state index contributed by atoms with van der Waals surface area (Å²) in [5.74, 6) is 0. The van der Waals surface area contributed by atoms with Gasteiger partial charge in [-0.15, -0.1) is 0 Å². The first kappa shape index (κ1) is 14.3. The number of aryl methyl sites for hydroxylation is 3. The molecular formula is C17H20BrN. The van der Waals surface area contributed by atoms with E-state index in [0.717, 1.165) is 4.47 Å². The molecule has 0 aromatic heterocycles. The molecule has 0 amide bonds. The second-order valence-corrected chi connectivity index (χ2v) is 6.01. The molecule has 19 heavy (non-hydrogen) atoms. The highest BCUT2D eigenvalue weighted by atomic mass is 79.9. The fourth-order valence-electron chi connectivity index (χ4n) is 2.55. The van der Waals surface area contributed by atoms with Crippen molar-refractivity contribution in [2.45, 2.75) is 26.8 Å². The minimum absolute atomic E-state index is 0.241. The topological polar surface area (TPSA) is 12.0 Å². The van der Waals surface area contributed by atoms with Gasteiger partial charge in [0.15, 0.2) is 0 Å². The van der Waals surface area contributed by atoms with E-state index in [9.17, 15) is 0 Å². The van der Waals surface area contributed by atoms with E-state index in [2.05, 4.69) is 78.4 Å². The van der Waals surface area contributed by atoms with Crippen LogP contribution >= 0.6 is 15.9 Å². The first-order valence-corrected chi connectivity index (χ1v) is 7.32. The molecule has 0 bridgehead atoms. The molecule has 100 valence electrons. The number of hydrogen-bond acceptors (Lipinski definition) is 1. The van der Waals surface area contributed by atoms with Crippen LogP contribution in [-0.4, -0.2) is 7.05 Å². The van der Waals surface area contributed by atoms with Crippen molar-refractivity contribution < 1.29 is 0 Å². The molecule has 0 radical (unpaired) electrons. The van der Waals surface area contributed by atoms with Crippen LogP contribution in [0.3, 0.4) is 0 Å². The van der Waals surface area contributed by atoms with E-state index in [4.69, 9.17) is 0 Å². The van der Waals surface area contributed by atoms with E-state index in [1.54, 1.807) is 0 Å². The Balaban J connectivity index is 2.46. The number of hydrogen-bond donors (Lipinski definition) is 1. The summed E-state index contributed by atoms with van der Waals surface area (Å²) in [5, 5.41) is 3.42. The fraction of sp³-hybridized carbons (Fsp3) is 0.294. The average Bonchev–Trinajstić information content (AvgIpc) is 2.33. The SMILES string of the molecule is CNC(c1cc(C)cc(C)c1)c1ccc(Br)c(C)c1. The van der Waals surface area contributed by atoms with Gasteiger partial charge in [0.25, 0.3) is 0 Å². The van der Waals surface area contributed by atoms with Gasteiger partial charge < -0.3 is 5.32 Å². The van der Waals surface area contributed by atoms with Crippen molar-refractivity contribution in [1.29, 1.82) is 0 Å². The van der Waals surface area contributed by atoms with Crippen LogP contribution in [0.1, 0.15) is 33.9 Å². The lowest BCUT2D eigenvalue weighted by Gasteiger charge is -2.19. The van der Waals surface area contributed by atoms with E-state index in [1.165, 1.54) is 27.8 Å². The van der Waals surface area contributed by atoms with Crippen LogP contribution in [0, 0.1) is 20.8 Å². The van der Waals surface area contributed by atoms with Crippen molar-refractivity contribution in [2.75, 3.05) is 7.05 Å². The molecule has 0 aliphatic heterocycles. The van der Waals surface area contributed by atoms with Crippen LogP contribution in [-0.2, 0) is 0 Å². The molecule has 1 N–H and O–H groups in total. The third kappa shape index (κ3) is 3.26. The Morgan fingerprint density at radius 1 is 0.895 bits per heavy atom. The van der Waals surface area contributed by atoms with Gasteiger partial charge in [-0.1, -0.05) is 57.4 Å². The first-order chi connectivity index (χ1) is 9.01. The van der Waals surface area contributed by atoms with E-state index in [0.29, 0.717) is 0 Å². The van der Waals surface area contributed by atoms with E-state index in [-0.39, 0.29) is 6.04 Å². The van der Waals surface area contributed by atoms with E-state index < -0.39 is 0 Å². The van der Waals surface area contributed by atoms with Gasteiger partial charge in [-0.05, 0) is 50.6 Å². The molecule has 2 aromatic carbocycles. The van der Waals surface area contributed by atoms with Gasteiger partial charge in [-0.3, -0.25) is 0 Å². The highest BCUT2D eigenvalue weighted by Gasteiger charge is 2.13. The molecule has 0 saturated heterocycles. The van der Waals surface area contributed by atoms with Gasteiger partial charge >= 0.3 is 0 Å². The molecule has 0 heterocycles. The summed E-state index contributed by atoms with van der Waals surface area (Å²) in [6.45, 7) is 6.42. The lowest BCUT2D eigenvalue weighted by molar-refractivity contribution is 0.690. The number of rotatable bonds is 3. The zero-order chi connectivity index (χ0) is 14.0. The quantitative estimate of drug-likeness (QED) is 0.866. The largest absolute Gasteiger partial charge is 0.309 e. The van der Waals surface area contributed by atoms with Crippen molar-refractivity contribution in [3.05, 3.63) is 68.7 Å². The fourth-order valence-corrected chi connectivity index (χ4v) is 2.80. The molecular weight excluding hydrogens is 298 g/mol. The van der Waals surface area contributed by atoms with Gasteiger partial charge in [0.2, 0.25) is 0 Å². The van der Waals surface area contributed by atoms with Crippen LogP contribution in [0.5, 0.6) is 0 Å². The Bertz CT molecular complexity index is 570. The molecule has 1 atom stereocenters. The molecule has 0 fully saturated rings. The summed E-state index contributed by atoms with van der Waals surface area (Å²) >= 11 is 3.56. The normalized spacial score (nSPS) is 12.5. The van der Waals surface area contributed by atoms with Crippen LogP contribution in [0.15, 0.2) is 40.9 Å². The second-order valence-electron chi connectivity index (χ2n) is 5.15. The molecule has 2 aromatic rings. The van der Waals surface area contributed by atoms with Crippen LogP contribution < -0.4 is 5.32 Å². The first-order valence-electron chi connectivity index (χ1n) is 6.53. The summed E-state index contributed by atoms with van der Waals surface area (Å²) in [5.41, 5.74) is 6.50. The standard InChI is InChI=1S/C17H20BrN/c1-11-7-12(2)9-15(8-11)17(19-4)14-5-6-16(18)13(3)10-14/h5-10,17,19H,1-4H3. The maximum absolute atomic E-state index is 3.56. The van der Waals surface area contributed by atoms with Crippen molar-refractivity contribution in [1.82, 2.24) is 5.32 Å². The van der Waals surface area contributed by atoms with Gasteiger partial charge in [0, 0.05) is 4.47 Å². The lowest BCUT2D eigenvalue weighted by Crippen LogP contribution is -2.18. The zero-order valence-corrected chi connectivity index (χ0v) is 13.5. The van der Waals surface area contributed by atoms with Crippen LogP contribution in [0.25, 0.3) is 0 Å². The summed E-state index contributed by atoms with van der Waals surface area (Å²) in [6.07, 6.45) is 0. The highest BCUT2D eigenvalue weighted by molar-refractivity contribution is 9.10. The van der Waals surface area contributed by atoms with E-state index >= 15 is 0 Å². The van der Waals surface area contributed by atoms with Crippen LogP contribution in [0.4, 0.5) is 0 Å². The molecule has 0 spiro atoms. The maximum atomic E-state index is 3.56. The average molecular weight is 318 g/mol. The summed E-state index contributed by atoms with van der Waals surface area (Å²) < 4.78 is 1.16. The number of nitrogens with one attached hydrogen (secondary N) is 1. The van der Waals surface area contributed by atoms with Gasteiger partial charge in [0.1, 0.15) is 0 Å². The van der Waals surface area contributed by atoms with Crippen LogP contribution in [0.2, 0.25) is 0 Å². The smallest absolute Gasteiger partial charge is 0.0574 e. The Morgan fingerprint density at radius 3 is 2.05 bits per heavy atom. The van der Waals surface area contributed by atoms with Gasteiger partial charge in [-0.25, -0.2) is 0 Å². The third-order valence-corrected chi connectivity index (χ3v) is 4.27. The predicted octanol–water partition coefficient (Wildman–Crippen LogP) is 4.68. The maximum Gasteiger partial charge on any atom is 0.0574 e. The molecule has 1 nitrogen and oxygen atoms in total. The minimum atomic E-state index is 0.241. The number of halogens is 1. The van der Waals surface area contributed by atoms with Crippen molar-refractivity contribution in [3.63, 3.8) is 0 Å². The lowest BCUT2D eigenvalue weighted by atomic mass is 9.95. The Hall–Kier alpha value is -1.12. The molecule has 1 unspecified atom stereocenters. The Labute approximate surface area is 124 Å². The van der Waals surface area contributed by atoms with Gasteiger partial charge in [0.05, 0.1) is 6.04 Å². The highest BCUT2D eigenvalue weighted by Crippen LogP contribution is 2.27. The van der Waals surface area contributed by atoms with Crippen molar-refractivity contribution in [2.24, 2.45) is 0 Å². The Morgan fingerprint density at radius 2 is 1.53 bits per heavy atom. The summed E-state index contributed by atoms with van der Waals surface area (Å²) in [7, 11) is 2.01. The van der Waals surface area contributed by atoms with Crippen molar-refractivity contribution >= 4 is 15.9 Å². The summed E-state index contributed by atoms with van der Waals surface area (Å²) in [6, 6.07) is 13.5. The Kier molecular flexibility index (Phi) is 4.43. The molecule has 0 aliphatic carbocycles. The third-order valence-electron chi connectivity index (χ3n) is 3.38. The monoisotopic (exact) mass is 317 g/mol. The minimum Gasteiger partial charge on any atom is -0.309 e. The molecule has 0 aliphatic rings. The predicted molar refractivity (Wildman–Crippen MR) is 85.7 cm³/mol. The molecule has 2 heteroatoms. The number of benzene rings is 2.